The average Bonchev–Trinajstić information content (AvgIpc) is 2.60. The number of carbonyl (C=O) groups is 2. The predicted octanol–water partition coefficient (Wildman–Crippen LogP) is 3.80. The van der Waals surface area contributed by atoms with Crippen molar-refractivity contribution < 1.29 is 19.4 Å². The zero-order valence-corrected chi connectivity index (χ0v) is 13.3. The molecule has 2 aromatic carbocycles. The molecule has 0 bridgehead atoms. The lowest BCUT2D eigenvalue weighted by molar-refractivity contribution is -0.136. The van der Waals surface area contributed by atoms with Crippen LogP contribution < -0.4 is 0 Å². The zero-order chi connectivity index (χ0) is 17.4. The van der Waals surface area contributed by atoms with Gasteiger partial charge in [0.1, 0.15) is 0 Å². The number of hydrogen-bond donors (Lipinski definition) is 1. The van der Waals surface area contributed by atoms with Gasteiger partial charge in [0.2, 0.25) is 5.78 Å². The molecule has 0 saturated heterocycles. The summed E-state index contributed by atoms with van der Waals surface area (Å²) in [6, 6.07) is 18.4. The van der Waals surface area contributed by atoms with Gasteiger partial charge >= 0.3 is 5.97 Å². The van der Waals surface area contributed by atoms with E-state index >= 15 is 0 Å². The van der Waals surface area contributed by atoms with Crippen LogP contribution in [0.4, 0.5) is 0 Å². The third-order valence-electron chi connectivity index (χ3n) is 3.31. The minimum atomic E-state index is -1.07. The summed E-state index contributed by atoms with van der Waals surface area (Å²) in [5.41, 5.74) is 1.73. The molecule has 0 heterocycles. The SMILES string of the molecule is COC(=Cc1ccccc1)C(=O)C(=Cc1ccccc1)CC(=O)O. The molecule has 4 heteroatoms. The van der Waals surface area contributed by atoms with Crippen LogP contribution in [-0.4, -0.2) is 24.0 Å². The van der Waals surface area contributed by atoms with Crippen LogP contribution in [-0.2, 0) is 14.3 Å². The first-order valence-corrected chi connectivity index (χ1v) is 7.43. The van der Waals surface area contributed by atoms with E-state index in [0.717, 1.165) is 11.1 Å². The van der Waals surface area contributed by atoms with Crippen molar-refractivity contribution in [2.75, 3.05) is 7.11 Å². The summed E-state index contributed by atoms with van der Waals surface area (Å²) < 4.78 is 5.19. The summed E-state index contributed by atoms with van der Waals surface area (Å²) in [4.78, 5) is 23.8. The lowest BCUT2D eigenvalue weighted by Gasteiger charge is -2.08. The summed E-state index contributed by atoms with van der Waals surface area (Å²) in [6.07, 6.45) is 2.81. The van der Waals surface area contributed by atoms with Gasteiger partial charge in [-0.2, -0.15) is 0 Å². The molecule has 0 spiro atoms. The number of methoxy groups -OCH3 is 1. The number of Topliss-reactive ketones (excluding diaryl/α,β-unsaturated/α-hetero) is 1. The Morgan fingerprint density at radius 1 is 0.917 bits per heavy atom. The molecule has 0 saturated carbocycles. The van der Waals surface area contributed by atoms with Crippen molar-refractivity contribution in [1.29, 1.82) is 0 Å². The monoisotopic (exact) mass is 322 g/mol. The topological polar surface area (TPSA) is 63.6 Å². The number of hydrogen-bond acceptors (Lipinski definition) is 3. The van der Waals surface area contributed by atoms with Crippen LogP contribution in [0.3, 0.4) is 0 Å². The molecule has 1 N–H and O–H groups in total. The molecule has 2 rings (SSSR count). The van der Waals surface area contributed by atoms with E-state index in [-0.39, 0.29) is 17.8 Å². The molecule has 0 aliphatic rings. The third kappa shape index (κ3) is 4.95. The van der Waals surface area contributed by atoms with Gasteiger partial charge in [-0.1, -0.05) is 60.7 Å². The van der Waals surface area contributed by atoms with E-state index in [1.165, 1.54) is 7.11 Å². The number of carboxylic acid groups (broad SMARTS) is 1. The van der Waals surface area contributed by atoms with Crippen molar-refractivity contribution >= 4 is 23.9 Å². The predicted molar refractivity (Wildman–Crippen MR) is 93.1 cm³/mol. The fourth-order valence-electron chi connectivity index (χ4n) is 2.19. The number of rotatable bonds is 7. The minimum Gasteiger partial charge on any atom is -0.493 e. The Balaban J connectivity index is 2.37. The lowest BCUT2D eigenvalue weighted by atomic mass is 10.0. The van der Waals surface area contributed by atoms with Gasteiger partial charge in [0, 0.05) is 5.57 Å². The van der Waals surface area contributed by atoms with Gasteiger partial charge in [-0.25, -0.2) is 0 Å². The normalized spacial score (nSPS) is 11.9. The first-order valence-electron chi connectivity index (χ1n) is 7.43. The number of carboxylic acids is 1. The molecule has 0 fully saturated rings. The fraction of sp³-hybridized carbons (Fsp3) is 0.100. The van der Waals surface area contributed by atoms with Crippen LogP contribution in [0.5, 0.6) is 0 Å². The Hall–Kier alpha value is -3.14. The summed E-state index contributed by atoms with van der Waals surface area (Å²) in [7, 11) is 1.40. The van der Waals surface area contributed by atoms with Gasteiger partial charge in [0.15, 0.2) is 5.76 Å². The van der Waals surface area contributed by atoms with E-state index in [9.17, 15) is 9.59 Å². The Kier molecular flexibility index (Phi) is 6.08. The summed E-state index contributed by atoms with van der Waals surface area (Å²) in [5.74, 6) is -1.40. The molecule has 122 valence electrons. The van der Waals surface area contributed by atoms with Crippen molar-refractivity contribution in [2.24, 2.45) is 0 Å². The number of carbonyl (C=O) groups excluding carboxylic acids is 1. The maximum atomic E-state index is 12.7. The smallest absolute Gasteiger partial charge is 0.307 e. The van der Waals surface area contributed by atoms with Gasteiger partial charge in [-0.3, -0.25) is 9.59 Å². The Bertz CT molecular complexity index is 759. The van der Waals surface area contributed by atoms with Crippen LogP contribution in [0.15, 0.2) is 72.0 Å². The van der Waals surface area contributed by atoms with Crippen LogP contribution in [0.1, 0.15) is 17.5 Å². The molecule has 2 aromatic rings. The van der Waals surface area contributed by atoms with Crippen LogP contribution >= 0.6 is 0 Å². The molecule has 0 unspecified atom stereocenters. The second-order valence-electron chi connectivity index (χ2n) is 5.10. The molecule has 0 radical (unpaired) electrons. The second kappa shape index (κ2) is 8.48. The van der Waals surface area contributed by atoms with E-state index in [1.807, 2.05) is 60.7 Å². The maximum Gasteiger partial charge on any atom is 0.307 e. The molecule has 0 amide bonds. The van der Waals surface area contributed by atoms with Gasteiger partial charge in [-0.15, -0.1) is 0 Å². The molecule has 0 aromatic heterocycles. The van der Waals surface area contributed by atoms with Gasteiger partial charge in [0.05, 0.1) is 13.5 Å². The van der Waals surface area contributed by atoms with Crippen LogP contribution in [0.25, 0.3) is 12.2 Å². The molecule has 0 aliphatic heterocycles. The largest absolute Gasteiger partial charge is 0.493 e. The molecule has 24 heavy (non-hydrogen) atoms. The van der Waals surface area contributed by atoms with Crippen molar-refractivity contribution in [3.05, 3.63) is 83.1 Å². The third-order valence-corrected chi connectivity index (χ3v) is 3.31. The van der Waals surface area contributed by atoms with Crippen molar-refractivity contribution in [3.8, 4) is 0 Å². The molecular formula is C20H18O4. The Labute approximate surface area is 140 Å². The summed E-state index contributed by atoms with van der Waals surface area (Å²) in [5, 5.41) is 9.10. The van der Waals surface area contributed by atoms with E-state index in [4.69, 9.17) is 9.84 Å². The Morgan fingerprint density at radius 3 is 1.88 bits per heavy atom. The number of benzene rings is 2. The van der Waals surface area contributed by atoms with Gasteiger partial charge < -0.3 is 9.84 Å². The van der Waals surface area contributed by atoms with E-state index in [2.05, 4.69) is 0 Å². The minimum absolute atomic E-state index is 0.102. The summed E-state index contributed by atoms with van der Waals surface area (Å²) in [6.45, 7) is 0. The summed E-state index contributed by atoms with van der Waals surface area (Å²) >= 11 is 0. The highest BCUT2D eigenvalue weighted by Gasteiger charge is 2.18. The fourth-order valence-corrected chi connectivity index (χ4v) is 2.19. The van der Waals surface area contributed by atoms with Crippen molar-refractivity contribution in [3.63, 3.8) is 0 Å². The molecule has 4 nitrogen and oxygen atoms in total. The van der Waals surface area contributed by atoms with E-state index in [1.54, 1.807) is 12.2 Å². The van der Waals surface area contributed by atoms with E-state index < -0.39 is 11.8 Å². The lowest BCUT2D eigenvalue weighted by Crippen LogP contribution is -2.11. The standard InChI is InChI=1S/C20H18O4/c1-24-18(13-16-10-6-3-7-11-16)20(23)17(14-19(21)22)12-15-8-4-2-5-9-15/h2-13H,14H2,1H3,(H,21,22). The quantitative estimate of drug-likeness (QED) is 0.622. The molecular weight excluding hydrogens is 304 g/mol. The van der Waals surface area contributed by atoms with Crippen LogP contribution in [0, 0.1) is 0 Å². The molecule has 0 aliphatic carbocycles. The molecule has 0 atom stereocenters. The van der Waals surface area contributed by atoms with Crippen molar-refractivity contribution in [2.45, 2.75) is 6.42 Å². The zero-order valence-electron chi connectivity index (χ0n) is 13.3. The number of ketones is 1. The second-order valence-corrected chi connectivity index (χ2v) is 5.10. The average molecular weight is 322 g/mol. The van der Waals surface area contributed by atoms with Gasteiger partial charge in [0.25, 0.3) is 0 Å². The van der Waals surface area contributed by atoms with E-state index in [0.29, 0.717) is 0 Å². The first kappa shape index (κ1) is 17.2. The highest BCUT2D eigenvalue weighted by molar-refractivity contribution is 6.13. The Morgan fingerprint density at radius 2 is 1.42 bits per heavy atom. The number of allylic oxidation sites excluding steroid dienone is 1. The number of aliphatic carboxylic acids is 1. The van der Waals surface area contributed by atoms with Gasteiger partial charge in [-0.05, 0) is 23.3 Å². The maximum absolute atomic E-state index is 12.7. The highest BCUT2D eigenvalue weighted by atomic mass is 16.5. The highest BCUT2D eigenvalue weighted by Crippen LogP contribution is 2.18. The first-order chi connectivity index (χ1) is 11.6. The van der Waals surface area contributed by atoms with Crippen molar-refractivity contribution in [1.82, 2.24) is 0 Å². The number of ether oxygens (including phenoxy) is 1. The van der Waals surface area contributed by atoms with Crippen LogP contribution in [0.2, 0.25) is 0 Å².